The molecule has 0 saturated carbocycles. The molecule has 0 unspecified atom stereocenters. The van der Waals surface area contributed by atoms with Crippen LogP contribution in [0.3, 0.4) is 0 Å². The first-order chi connectivity index (χ1) is 16.7. The predicted octanol–water partition coefficient (Wildman–Crippen LogP) is 5.24. The third-order valence-electron chi connectivity index (χ3n) is 7.69. The molecule has 2 aromatic rings. The Morgan fingerprint density at radius 3 is 2.57 bits per heavy atom. The lowest BCUT2D eigenvalue weighted by molar-refractivity contribution is 0.0601. The van der Waals surface area contributed by atoms with Gasteiger partial charge in [-0.25, -0.2) is 4.39 Å². The van der Waals surface area contributed by atoms with Gasteiger partial charge in [-0.3, -0.25) is 9.59 Å². The second kappa shape index (κ2) is 9.21. The Kier molecular flexibility index (Phi) is 6.24. The van der Waals surface area contributed by atoms with Crippen molar-refractivity contribution in [1.29, 1.82) is 0 Å². The van der Waals surface area contributed by atoms with E-state index >= 15 is 0 Å². The third-order valence-corrected chi connectivity index (χ3v) is 7.69. The van der Waals surface area contributed by atoms with E-state index in [1.165, 1.54) is 12.1 Å². The van der Waals surface area contributed by atoms with Crippen molar-refractivity contribution in [1.82, 2.24) is 0 Å². The molecule has 1 saturated heterocycles. The summed E-state index contributed by atoms with van der Waals surface area (Å²) in [6.45, 7) is 3.95. The molecule has 0 bridgehead atoms. The van der Waals surface area contributed by atoms with E-state index in [4.69, 9.17) is 4.65 Å². The fraction of sp³-hybridized carbons (Fsp3) is 0.357. The van der Waals surface area contributed by atoms with Crippen LogP contribution in [0.2, 0.25) is 6.32 Å². The molecule has 1 heterocycles. The van der Waals surface area contributed by atoms with Gasteiger partial charge in [-0.15, -0.1) is 0 Å². The largest absolute Gasteiger partial charge is 0.505 e. The van der Waals surface area contributed by atoms with Gasteiger partial charge in [-0.1, -0.05) is 47.6 Å². The van der Waals surface area contributed by atoms with Crippen molar-refractivity contribution in [3.63, 3.8) is 0 Å². The highest BCUT2D eigenvalue weighted by Crippen LogP contribution is 2.50. The maximum absolute atomic E-state index is 13.7. The lowest BCUT2D eigenvalue weighted by Crippen LogP contribution is -2.50. The number of ketones is 2. The number of allylic oxidation sites excluding steroid dienone is 2. The minimum Gasteiger partial charge on any atom is -0.505 e. The Hall–Kier alpha value is -3.03. The summed E-state index contributed by atoms with van der Waals surface area (Å²) in [6.07, 6.45) is 3.56. The number of halogens is 1. The van der Waals surface area contributed by atoms with Crippen LogP contribution in [-0.2, 0) is 4.65 Å². The molecule has 7 heteroatoms. The molecule has 0 amide bonds. The van der Waals surface area contributed by atoms with E-state index in [1.807, 2.05) is 19.9 Å². The molecule has 0 radical (unpaired) electrons. The zero-order chi connectivity index (χ0) is 24.9. The molecule has 0 aromatic heterocycles. The second-order valence-electron chi connectivity index (χ2n) is 10.0. The predicted molar refractivity (Wildman–Crippen MR) is 131 cm³/mol. The highest BCUT2D eigenvalue weighted by atomic mass is 19.1. The van der Waals surface area contributed by atoms with E-state index in [0.717, 1.165) is 16.7 Å². The van der Waals surface area contributed by atoms with Crippen LogP contribution in [0.25, 0.3) is 6.08 Å². The molecule has 1 fully saturated rings. The summed E-state index contributed by atoms with van der Waals surface area (Å²) in [4.78, 5) is 26.8. The Morgan fingerprint density at radius 2 is 1.86 bits per heavy atom. The summed E-state index contributed by atoms with van der Waals surface area (Å²) in [6, 6.07) is 11.3. The quantitative estimate of drug-likeness (QED) is 0.468. The topological polar surface area (TPSA) is 83.8 Å². The molecule has 35 heavy (non-hydrogen) atoms. The number of phenols is 1. The summed E-state index contributed by atoms with van der Waals surface area (Å²) >= 11 is 0. The Bertz CT molecular complexity index is 1270. The maximum Gasteiger partial charge on any atom is 0.455 e. The molecule has 2 N–H and O–H groups in total. The van der Waals surface area contributed by atoms with Crippen molar-refractivity contribution < 1.29 is 28.8 Å². The molecule has 180 valence electrons. The number of carbonyl (C=O) groups excluding carboxylic acids is 2. The minimum atomic E-state index is -1.00. The molecule has 4 atom stereocenters. The Labute approximate surface area is 204 Å². The first-order valence-corrected chi connectivity index (χ1v) is 12.1. The van der Waals surface area contributed by atoms with Crippen LogP contribution in [0.15, 0.2) is 59.2 Å². The van der Waals surface area contributed by atoms with Gasteiger partial charge in [0.05, 0.1) is 6.10 Å². The number of aromatic hydroxyl groups is 1. The van der Waals surface area contributed by atoms with Gasteiger partial charge in [-0.2, -0.15) is 0 Å². The number of rotatable bonds is 4. The van der Waals surface area contributed by atoms with Crippen LogP contribution < -0.4 is 0 Å². The molecule has 5 rings (SSSR count). The van der Waals surface area contributed by atoms with Crippen LogP contribution in [0.1, 0.15) is 59.4 Å². The van der Waals surface area contributed by atoms with Crippen molar-refractivity contribution in [2.24, 2.45) is 17.8 Å². The van der Waals surface area contributed by atoms with E-state index in [1.54, 1.807) is 30.3 Å². The first kappa shape index (κ1) is 23.7. The molecule has 2 aliphatic carbocycles. The lowest BCUT2D eigenvalue weighted by atomic mass is 9.54. The smallest absolute Gasteiger partial charge is 0.455 e. The minimum absolute atomic E-state index is 0.0149. The van der Waals surface area contributed by atoms with Crippen LogP contribution >= 0.6 is 0 Å². The third kappa shape index (κ3) is 4.28. The van der Waals surface area contributed by atoms with E-state index in [2.05, 4.69) is 0 Å². The standard InChI is InChI=1S/C28H28BFO5/c1-15(11-17-8-9-23(31)22(30)13-17)7-10-24-25-16(2)12-20-26(21(25)14-29(34)35-24)28(33)19-6-4-3-5-18(19)27(20)32/h3-6,8-9,11,13,20-21,24,26,31,34H,7,10,12,14H2,1-2H3/b15-11+/t20-,21+,24-,26-/m1/s1. The van der Waals surface area contributed by atoms with Gasteiger partial charge < -0.3 is 14.8 Å². The summed E-state index contributed by atoms with van der Waals surface area (Å²) in [7, 11) is -1.00. The fourth-order valence-electron chi connectivity index (χ4n) is 6.15. The van der Waals surface area contributed by atoms with Crippen LogP contribution in [-0.4, -0.2) is 34.9 Å². The van der Waals surface area contributed by atoms with Gasteiger partial charge >= 0.3 is 7.12 Å². The zero-order valence-electron chi connectivity index (χ0n) is 19.8. The SMILES string of the molecule is CC1=C2[C@@H](CC/C(C)=C/c3ccc(O)c(F)c3)OB(O)C[C@@H]2[C@@H]2C(=O)c3ccccc3C(=O)[C@@H]2C1. The lowest BCUT2D eigenvalue weighted by Gasteiger charge is -2.46. The number of hydrogen-bond acceptors (Lipinski definition) is 5. The normalized spacial score (nSPS) is 26.4. The van der Waals surface area contributed by atoms with Crippen molar-refractivity contribution in [3.8, 4) is 5.75 Å². The molecule has 0 spiro atoms. The molecule has 2 aromatic carbocycles. The number of Topliss-reactive ketones (excluding diaryl/α,β-unsaturated/α-hetero) is 2. The monoisotopic (exact) mass is 474 g/mol. The van der Waals surface area contributed by atoms with Crippen LogP contribution in [0, 0.1) is 23.6 Å². The van der Waals surface area contributed by atoms with Crippen LogP contribution in [0.5, 0.6) is 5.75 Å². The number of fused-ring (bicyclic) bond motifs is 4. The van der Waals surface area contributed by atoms with Crippen molar-refractivity contribution >= 4 is 24.8 Å². The zero-order valence-corrected chi connectivity index (χ0v) is 19.8. The van der Waals surface area contributed by atoms with Crippen molar-refractivity contribution in [2.75, 3.05) is 0 Å². The second-order valence-corrected chi connectivity index (χ2v) is 10.0. The fourth-order valence-corrected chi connectivity index (χ4v) is 6.15. The van der Waals surface area contributed by atoms with Gasteiger partial charge in [0.2, 0.25) is 0 Å². The number of carbonyl (C=O) groups is 2. The number of hydrogen-bond donors (Lipinski definition) is 2. The summed E-state index contributed by atoms with van der Waals surface area (Å²) in [5.74, 6) is -2.16. The average molecular weight is 474 g/mol. The van der Waals surface area contributed by atoms with Crippen molar-refractivity contribution in [2.45, 2.75) is 45.5 Å². The maximum atomic E-state index is 13.7. The Balaban J connectivity index is 1.40. The molecular formula is C28H28BFO5. The highest BCUT2D eigenvalue weighted by molar-refractivity contribution is 6.43. The van der Waals surface area contributed by atoms with Crippen LogP contribution in [0.4, 0.5) is 4.39 Å². The Morgan fingerprint density at radius 1 is 1.14 bits per heavy atom. The highest BCUT2D eigenvalue weighted by Gasteiger charge is 2.52. The summed E-state index contributed by atoms with van der Waals surface area (Å²) < 4.78 is 19.6. The van der Waals surface area contributed by atoms with E-state index in [-0.39, 0.29) is 29.3 Å². The first-order valence-electron chi connectivity index (χ1n) is 12.1. The van der Waals surface area contributed by atoms with E-state index < -0.39 is 24.8 Å². The van der Waals surface area contributed by atoms with Gasteiger partial charge in [-0.05, 0) is 68.6 Å². The van der Waals surface area contributed by atoms with Gasteiger partial charge in [0.1, 0.15) is 0 Å². The molecular weight excluding hydrogens is 446 g/mol. The van der Waals surface area contributed by atoms with Gasteiger partial charge in [0.15, 0.2) is 23.1 Å². The molecule has 3 aliphatic rings. The number of phenolic OH excluding ortho intramolecular Hbond substituents is 1. The number of benzene rings is 2. The van der Waals surface area contributed by atoms with E-state index in [9.17, 15) is 24.1 Å². The van der Waals surface area contributed by atoms with Crippen molar-refractivity contribution in [3.05, 3.63) is 81.7 Å². The van der Waals surface area contributed by atoms with E-state index in [0.29, 0.717) is 42.3 Å². The molecule has 5 nitrogen and oxygen atoms in total. The van der Waals surface area contributed by atoms with Gasteiger partial charge in [0, 0.05) is 23.0 Å². The average Bonchev–Trinajstić information content (AvgIpc) is 2.83. The van der Waals surface area contributed by atoms with Gasteiger partial charge in [0.25, 0.3) is 0 Å². The summed E-state index contributed by atoms with van der Waals surface area (Å²) in [5.41, 5.74) is 4.75. The molecule has 1 aliphatic heterocycles. The summed E-state index contributed by atoms with van der Waals surface area (Å²) in [5, 5.41) is 20.0.